The van der Waals surface area contributed by atoms with Crippen molar-refractivity contribution in [1.82, 2.24) is 4.90 Å². The summed E-state index contributed by atoms with van der Waals surface area (Å²) in [5, 5.41) is 0. The number of ether oxygens (including phenoxy) is 3. The lowest BCUT2D eigenvalue weighted by molar-refractivity contribution is -0.132. The number of hydrogen-bond donors (Lipinski definition) is 1. The molecule has 2 heterocycles. The van der Waals surface area contributed by atoms with Gasteiger partial charge in [-0.25, -0.2) is 0 Å². The molecule has 6 nitrogen and oxygen atoms in total. The van der Waals surface area contributed by atoms with Crippen LogP contribution in [0.5, 0.6) is 11.5 Å². The Morgan fingerprint density at radius 1 is 1.36 bits per heavy atom. The summed E-state index contributed by atoms with van der Waals surface area (Å²) in [6.45, 7) is 2.95. The van der Waals surface area contributed by atoms with Gasteiger partial charge in [-0.05, 0) is 37.1 Å². The number of amides is 1. The van der Waals surface area contributed by atoms with Gasteiger partial charge in [0.05, 0.1) is 6.61 Å². The molecule has 2 aliphatic rings. The lowest BCUT2D eigenvalue weighted by atomic mass is 9.95. The third-order valence-electron chi connectivity index (χ3n) is 4.45. The van der Waals surface area contributed by atoms with Crippen LogP contribution in [-0.2, 0) is 16.1 Å². The van der Waals surface area contributed by atoms with E-state index in [4.69, 9.17) is 19.9 Å². The van der Waals surface area contributed by atoms with E-state index in [9.17, 15) is 4.79 Å². The molecule has 0 aromatic heterocycles. The molecule has 1 saturated heterocycles. The highest BCUT2D eigenvalue weighted by atomic mass is 16.6. The van der Waals surface area contributed by atoms with E-state index >= 15 is 0 Å². The average molecular weight is 306 g/mol. The highest BCUT2D eigenvalue weighted by Gasteiger charge is 2.46. The molecule has 0 radical (unpaired) electrons. The highest BCUT2D eigenvalue weighted by molar-refractivity contribution is 5.85. The molecule has 0 saturated carbocycles. The van der Waals surface area contributed by atoms with Crippen LogP contribution in [-0.4, -0.2) is 49.8 Å². The number of methoxy groups -OCH3 is 1. The van der Waals surface area contributed by atoms with E-state index < -0.39 is 5.54 Å². The Kier molecular flexibility index (Phi) is 4.22. The zero-order valence-electron chi connectivity index (χ0n) is 12.8. The van der Waals surface area contributed by atoms with Crippen molar-refractivity contribution in [3.8, 4) is 11.5 Å². The maximum absolute atomic E-state index is 12.0. The number of carbonyl (C=O) groups is 1. The van der Waals surface area contributed by atoms with Gasteiger partial charge in [0.2, 0.25) is 5.91 Å². The first-order valence-electron chi connectivity index (χ1n) is 7.58. The Bertz CT molecular complexity index is 563. The van der Waals surface area contributed by atoms with Gasteiger partial charge in [-0.3, -0.25) is 9.69 Å². The molecule has 22 heavy (non-hydrogen) atoms. The molecule has 6 heteroatoms. The van der Waals surface area contributed by atoms with Crippen molar-refractivity contribution in [3.63, 3.8) is 0 Å². The molecule has 0 aliphatic carbocycles. The predicted molar refractivity (Wildman–Crippen MR) is 80.9 cm³/mol. The number of nitrogens with two attached hydrogens (primary N) is 1. The van der Waals surface area contributed by atoms with Gasteiger partial charge >= 0.3 is 0 Å². The molecule has 1 aromatic carbocycles. The van der Waals surface area contributed by atoms with Crippen molar-refractivity contribution < 1.29 is 19.0 Å². The van der Waals surface area contributed by atoms with Gasteiger partial charge in [-0.1, -0.05) is 6.07 Å². The molecular weight excluding hydrogens is 284 g/mol. The SMILES string of the molecule is COCC1(C(N)=O)CCCN1Cc1ccc2c(c1)OCCO2. The minimum absolute atomic E-state index is 0.315. The Balaban J connectivity index is 1.80. The number of hydrogen-bond acceptors (Lipinski definition) is 5. The van der Waals surface area contributed by atoms with Crippen LogP contribution in [0.25, 0.3) is 0 Å². The number of likely N-dealkylation sites (tertiary alicyclic amines) is 1. The van der Waals surface area contributed by atoms with Gasteiger partial charge in [0.15, 0.2) is 11.5 Å². The topological polar surface area (TPSA) is 74.0 Å². The van der Waals surface area contributed by atoms with Crippen molar-refractivity contribution in [2.75, 3.05) is 33.5 Å². The predicted octanol–water partition coefficient (Wildman–Crippen LogP) is 0.924. The van der Waals surface area contributed by atoms with Crippen LogP contribution in [0.4, 0.5) is 0 Å². The first kappa shape index (κ1) is 15.1. The summed E-state index contributed by atoms with van der Waals surface area (Å²) in [6, 6.07) is 5.90. The Morgan fingerprint density at radius 2 is 2.14 bits per heavy atom. The van der Waals surface area contributed by atoms with Crippen LogP contribution < -0.4 is 15.2 Å². The van der Waals surface area contributed by atoms with Gasteiger partial charge in [0.25, 0.3) is 0 Å². The van der Waals surface area contributed by atoms with Gasteiger partial charge < -0.3 is 19.9 Å². The molecule has 1 unspecified atom stereocenters. The summed E-state index contributed by atoms with van der Waals surface area (Å²) >= 11 is 0. The normalized spacial score (nSPS) is 24.4. The maximum Gasteiger partial charge on any atom is 0.240 e. The Labute approximate surface area is 130 Å². The van der Waals surface area contributed by atoms with Crippen LogP contribution in [0.15, 0.2) is 18.2 Å². The van der Waals surface area contributed by atoms with E-state index in [-0.39, 0.29) is 5.91 Å². The maximum atomic E-state index is 12.0. The fraction of sp³-hybridized carbons (Fsp3) is 0.562. The summed E-state index contributed by atoms with van der Waals surface area (Å²) in [5.74, 6) is 1.22. The molecule has 2 aliphatic heterocycles. The summed E-state index contributed by atoms with van der Waals surface area (Å²) in [5.41, 5.74) is 6.04. The van der Waals surface area contributed by atoms with Crippen LogP contribution in [0, 0.1) is 0 Å². The van der Waals surface area contributed by atoms with Crippen LogP contribution in [0.3, 0.4) is 0 Å². The minimum atomic E-state index is -0.706. The second-order valence-electron chi connectivity index (χ2n) is 5.83. The minimum Gasteiger partial charge on any atom is -0.486 e. The van der Waals surface area contributed by atoms with E-state index in [1.165, 1.54) is 0 Å². The fourth-order valence-electron chi connectivity index (χ4n) is 3.32. The molecule has 3 rings (SSSR count). The number of rotatable bonds is 5. The van der Waals surface area contributed by atoms with Crippen molar-refractivity contribution in [3.05, 3.63) is 23.8 Å². The smallest absolute Gasteiger partial charge is 0.240 e. The quantitative estimate of drug-likeness (QED) is 0.876. The third-order valence-corrected chi connectivity index (χ3v) is 4.45. The second-order valence-corrected chi connectivity index (χ2v) is 5.83. The highest BCUT2D eigenvalue weighted by Crippen LogP contribution is 2.34. The van der Waals surface area contributed by atoms with E-state index in [1.807, 2.05) is 18.2 Å². The Hall–Kier alpha value is -1.79. The van der Waals surface area contributed by atoms with Gasteiger partial charge in [0.1, 0.15) is 18.8 Å². The number of carbonyl (C=O) groups excluding carboxylic acids is 1. The lowest BCUT2D eigenvalue weighted by Gasteiger charge is -2.35. The zero-order chi connectivity index (χ0) is 15.6. The summed E-state index contributed by atoms with van der Waals surface area (Å²) in [7, 11) is 1.60. The molecule has 1 amide bonds. The summed E-state index contributed by atoms with van der Waals surface area (Å²) in [6.07, 6.45) is 1.68. The molecule has 1 aromatic rings. The fourth-order valence-corrected chi connectivity index (χ4v) is 3.32. The third kappa shape index (κ3) is 2.64. The standard InChI is InChI=1S/C16H22N2O4/c1-20-11-16(15(17)19)5-2-6-18(16)10-12-3-4-13-14(9-12)22-8-7-21-13/h3-4,9H,2,5-8,10-11H2,1H3,(H2,17,19). The molecule has 2 N–H and O–H groups in total. The number of benzene rings is 1. The molecule has 120 valence electrons. The van der Waals surface area contributed by atoms with Crippen LogP contribution in [0.1, 0.15) is 18.4 Å². The van der Waals surface area contributed by atoms with Crippen molar-refractivity contribution >= 4 is 5.91 Å². The number of primary amides is 1. The van der Waals surface area contributed by atoms with Gasteiger partial charge in [0, 0.05) is 13.7 Å². The van der Waals surface area contributed by atoms with E-state index in [1.54, 1.807) is 7.11 Å². The largest absolute Gasteiger partial charge is 0.486 e. The number of nitrogens with zero attached hydrogens (tertiary/aromatic N) is 1. The summed E-state index contributed by atoms with van der Waals surface area (Å²) in [4.78, 5) is 14.1. The van der Waals surface area contributed by atoms with E-state index in [2.05, 4.69) is 4.90 Å². The molecule has 1 fully saturated rings. The number of fused-ring (bicyclic) bond motifs is 1. The van der Waals surface area contributed by atoms with E-state index in [0.717, 1.165) is 36.4 Å². The first-order chi connectivity index (χ1) is 10.7. The van der Waals surface area contributed by atoms with Crippen molar-refractivity contribution in [2.45, 2.75) is 24.9 Å². The van der Waals surface area contributed by atoms with Crippen LogP contribution in [0.2, 0.25) is 0 Å². The monoisotopic (exact) mass is 306 g/mol. The molecule has 0 spiro atoms. The van der Waals surface area contributed by atoms with Crippen LogP contribution >= 0.6 is 0 Å². The van der Waals surface area contributed by atoms with Crippen molar-refractivity contribution in [1.29, 1.82) is 0 Å². The van der Waals surface area contributed by atoms with Crippen molar-refractivity contribution in [2.24, 2.45) is 5.73 Å². The zero-order valence-corrected chi connectivity index (χ0v) is 12.8. The van der Waals surface area contributed by atoms with Gasteiger partial charge in [-0.15, -0.1) is 0 Å². The lowest BCUT2D eigenvalue weighted by Crippen LogP contribution is -2.56. The second kappa shape index (κ2) is 6.14. The molecule has 0 bridgehead atoms. The Morgan fingerprint density at radius 3 is 2.86 bits per heavy atom. The average Bonchev–Trinajstić information content (AvgIpc) is 2.91. The summed E-state index contributed by atoms with van der Waals surface area (Å²) < 4.78 is 16.4. The van der Waals surface area contributed by atoms with E-state index in [0.29, 0.717) is 26.4 Å². The molecular formula is C16H22N2O4. The first-order valence-corrected chi connectivity index (χ1v) is 7.58. The molecule has 1 atom stereocenters. The van der Waals surface area contributed by atoms with Gasteiger partial charge in [-0.2, -0.15) is 0 Å².